The molecule has 0 aliphatic carbocycles. The van der Waals surface area contributed by atoms with Crippen molar-refractivity contribution in [2.45, 2.75) is 0 Å². The number of aromatic nitrogens is 2. The maximum atomic E-state index is 9.26. The van der Waals surface area contributed by atoms with Gasteiger partial charge in [0.2, 0.25) is 5.82 Å². The van der Waals surface area contributed by atoms with E-state index in [2.05, 4.69) is 32.7 Å². The Morgan fingerprint density at radius 2 is 1.74 bits per heavy atom. The van der Waals surface area contributed by atoms with Crippen LogP contribution in [0.5, 0.6) is 5.75 Å². The SMILES string of the molecule is Oc1ccc(-c2noc(-c3ccccc3I)n2)cc1. The molecular weight excluding hydrogens is 355 g/mol. The molecule has 3 rings (SSSR count). The minimum absolute atomic E-state index is 0.213. The Kier molecular flexibility index (Phi) is 3.20. The highest BCUT2D eigenvalue weighted by Gasteiger charge is 2.12. The van der Waals surface area contributed by atoms with E-state index in [4.69, 9.17) is 4.52 Å². The Labute approximate surface area is 123 Å². The van der Waals surface area contributed by atoms with Crippen LogP contribution in [0.15, 0.2) is 53.1 Å². The minimum atomic E-state index is 0.213. The first-order valence-corrected chi connectivity index (χ1v) is 6.70. The second-order valence-electron chi connectivity index (χ2n) is 3.95. The summed E-state index contributed by atoms with van der Waals surface area (Å²) in [6.45, 7) is 0. The summed E-state index contributed by atoms with van der Waals surface area (Å²) in [6.07, 6.45) is 0. The second-order valence-corrected chi connectivity index (χ2v) is 5.11. The van der Waals surface area contributed by atoms with Gasteiger partial charge in [-0.25, -0.2) is 0 Å². The first-order valence-electron chi connectivity index (χ1n) is 5.62. The monoisotopic (exact) mass is 364 g/mol. The van der Waals surface area contributed by atoms with Crippen LogP contribution in [0.3, 0.4) is 0 Å². The summed E-state index contributed by atoms with van der Waals surface area (Å²) in [5.74, 6) is 1.22. The van der Waals surface area contributed by atoms with Crippen molar-refractivity contribution in [3.05, 3.63) is 52.1 Å². The molecule has 0 aliphatic heterocycles. The molecule has 1 aromatic heterocycles. The average Bonchev–Trinajstić information content (AvgIpc) is 2.89. The Morgan fingerprint density at radius 1 is 1.00 bits per heavy atom. The third-order valence-corrected chi connectivity index (χ3v) is 3.60. The van der Waals surface area contributed by atoms with Gasteiger partial charge in [-0.1, -0.05) is 17.3 Å². The lowest BCUT2D eigenvalue weighted by atomic mass is 10.2. The molecule has 0 atom stereocenters. The topological polar surface area (TPSA) is 59.2 Å². The van der Waals surface area contributed by atoms with E-state index >= 15 is 0 Å². The van der Waals surface area contributed by atoms with Crippen LogP contribution in [0.4, 0.5) is 0 Å². The predicted molar refractivity (Wildman–Crippen MR) is 79.6 cm³/mol. The van der Waals surface area contributed by atoms with E-state index in [0.29, 0.717) is 11.7 Å². The fourth-order valence-corrected chi connectivity index (χ4v) is 2.31. The zero-order valence-corrected chi connectivity index (χ0v) is 11.9. The largest absolute Gasteiger partial charge is 0.508 e. The van der Waals surface area contributed by atoms with Gasteiger partial charge in [0.05, 0.1) is 5.56 Å². The lowest BCUT2D eigenvalue weighted by Crippen LogP contribution is -1.83. The molecule has 0 radical (unpaired) electrons. The van der Waals surface area contributed by atoms with Crippen LogP contribution in [0, 0.1) is 3.57 Å². The van der Waals surface area contributed by atoms with E-state index in [0.717, 1.165) is 14.7 Å². The standard InChI is InChI=1S/C14H9IN2O2/c15-12-4-2-1-3-11(12)14-16-13(17-19-14)9-5-7-10(18)8-6-9/h1-8,18H. The molecule has 4 nitrogen and oxygen atoms in total. The summed E-state index contributed by atoms with van der Waals surface area (Å²) in [6, 6.07) is 14.5. The van der Waals surface area contributed by atoms with Crippen molar-refractivity contribution in [3.63, 3.8) is 0 Å². The van der Waals surface area contributed by atoms with E-state index in [9.17, 15) is 5.11 Å². The Balaban J connectivity index is 2.00. The van der Waals surface area contributed by atoms with Crippen molar-refractivity contribution in [3.8, 4) is 28.6 Å². The molecule has 0 saturated heterocycles. The fourth-order valence-electron chi connectivity index (χ4n) is 1.70. The number of rotatable bonds is 2. The summed E-state index contributed by atoms with van der Waals surface area (Å²) in [5.41, 5.74) is 1.72. The van der Waals surface area contributed by atoms with Crippen molar-refractivity contribution in [1.82, 2.24) is 10.1 Å². The van der Waals surface area contributed by atoms with Crippen LogP contribution in [0.1, 0.15) is 0 Å². The summed E-state index contributed by atoms with van der Waals surface area (Å²) in [5, 5.41) is 13.2. The van der Waals surface area contributed by atoms with Gasteiger partial charge in [0.15, 0.2) is 0 Å². The third-order valence-electron chi connectivity index (χ3n) is 2.66. The number of nitrogens with zero attached hydrogens (tertiary/aromatic N) is 2. The van der Waals surface area contributed by atoms with Crippen LogP contribution >= 0.6 is 22.6 Å². The van der Waals surface area contributed by atoms with E-state index in [1.165, 1.54) is 0 Å². The Morgan fingerprint density at radius 3 is 2.47 bits per heavy atom. The average molecular weight is 364 g/mol. The third kappa shape index (κ3) is 2.46. The quantitative estimate of drug-likeness (QED) is 0.705. The Hall–Kier alpha value is -1.89. The molecule has 0 fully saturated rings. The highest BCUT2D eigenvalue weighted by molar-refractivity contribution is 14.1. The van der Waals surface area contributed by atoms with Gasteiger partial charge in [-0.05, 0) is 59.0 Å². The summed E-state index contributed by atoms with van der Waals surface area (Å²) < 4.78 is 6.34. The molecule has 0 saturated carbocycles. The van der Waals surface area contributed by atoms with Crippen LogP contribution in [-0.4, -0.2) is 15.2 Å². The number of hydrogen-bond acceptors (Lipinski definition) is 4. The first-order chi connectivity index (χ1) is 9.24. The molecule has 0 aliphatic rings. The zero-order chi connectivity index (χ0) is 13.2. The number of phenols is 1. The molecular formula is C14H9IN2O2. The van der Waals surface area contributed by atoms with E-state index in [1.807, 2.05) is 24.3 Å². The van der Waals surface area contributed by atoms with Gasteiger partial charge in [-0.3, -0.25) is 0 Å². The minimum Gasteiger partial charge on any atom is -0.508 e. The maximum absolute atomic E-state index is 9.26. The van der Waals surface area contributed by atoms with Gasteiger partial charge in [0.1, 0.15) is 5.75 Å². The van der Waals surface area contributed by atoms with E-state index < -0.39 is 0 Å². The van der Waals surface area contributed by atoms with Crippen LogP contribution in [0.25, 0.3) is 22.8 Å². The summed E-state index contributed by atoms with van der Waals surface area (Å²) in [7, 11) is 0. The molecule has 0 amide bonds. The molecule has 0 bridgehead atoms. The highest BCUT2D eigenvalue weighted by atomic mass is 127. The van der Waals surface area contributed by atoms with Crippen molar-refractivity contribution in [2.24, 2.45) is 0 Å². The molecule has 0 unspecified atom stereocenters. The number of phenolic OH excluding ortho intramolecular Hbond substituents is 1. The summed E-state index contributed by atoms with van der Waals surface area (Å²) in [4.78, 5) is 4.38. The van der Waals surface area contributed by atoms with Crippen LogP contribution < -0.4 is 0 Å². The van der Waals surface area contributed by atoms with Gasteiger partial charge in [0.25, 0.3) is 5.89 Å². The lowest BCUT2D eigenvalue weighted by Gasteiger charge is -1.96. The van der Waals surface area contributed by atoms with Gasteiger partial charge in [-0.2, -0.15) is 4.98 Å². The van der Waals surface area contributed by atoms with E-state index in [-0.39, 0.29) is 5.75 Å². The smallest absolute Gasteiger partial charge is 0.259 e. The second kappa shape index (κ2) is 5.00. The summed E-state index contributed by atoms with van der Waals surface area (Å²) >= 11 is 2.23. The maximum Gasteiger partial charge on any atom is 0.259 e. The lowest BCUT2D eigenvalue weighted by molar-refractivity contribution is 0.432. The van der Waals surface area contributed by atoms with Crippen LogP contribution in [0.2, 0.25) is 0 Å². The van der Waals surface area contributed by atoms with Gasteiger partial charge in [0, 0.05) is 9.13 Å². The number of aromatic hydroxyl groups is 1. The van der Waals surface area contributed by atoms with Crippen molar-refractivity contribution < 1.29 is 9.63 Å². The highest BCUT2D eigenvalue weighted by Crippen LogP contribution is 2.26. The van der Waals surface area contributed by atoms with Gasteiger partial charge in [-0.15, -0.1) is 0 Å². The normalized spacial score (nSPS) is 10.6. The fraction of sp³-hybridized carbons (Fsp3) is 0. The molecule has 94 valence electrons. The molecule has 0 spiro atoms. The van der Waals surface area contributed by atoms with Crippen molar-refractivity contribution in [1.29, 1.82) is 0 Å². The number of hydrogen-bond donors (Lipinski definition) is 1. The molecule has 1 N–H and O–H groups in total. The first kappa shape index (κ1) is 12.2. The van der Waals surface area contributed by atoms with Crippen molar-refractivity contribution >= 4 is 22.6 Å². The molecule has 5 heteroatoms. The molecule has 1 heterocycles. The molecule has 3 aromatic rings. The Bertz CT molecular complexity index is 707. The number of halogens is 1. The van der Waals surface area contributed by atoms with Crippen molar-refractivity contribution in [2.75, 3.05) is 0 Å². The van der Waals surface area contributed by atoms with Gasteiger partial charge >= 0.3 is 0 Å². The zero-order valence-electron chi connectivity index (χ0n) is 9.75. The number of benzene rings is 2. The van der Waals surface area contributed by atoms with Crippen LogP contribution in [-0.2, 0) is 0 Å². The van der Waals surface area contributed by atoms with Gasteiger partial charge < -0.3 is 9.63 Å². The molecule has 19 heavy (non-hydrogen) atoms. The van der Waals surface area contributed by atoms with E-state index in [1.54, 1.807) is 24.3 Å². The molecule has 2 aromatic carbocycles. The predicted octanol–water partition coefficient (Wildman–Crippen LogP) is 3.71.